The van der Waals surface area contributed by atoms with Crippen molar-refractivity contribution < 1.29 is 24.5 Å². The van der Waals surface area contributed by atoms with E-state index >= 15 is 0 Å². The van der Waals surface area contributed by atoms with Crippen LogP contribution in [0.25, 0.3) is 55.7 Å². The van der Waals surface area contributed by atoms with Crippen LogP contribution in [0.1, 0.15) is 65.5 Å². The van der Waals surface area contributed by atoms with E-state index in [1.807, 2.05) is 36.5 Å². The fourth-order valence-corrected chi connectivity index (χ4v) is 8.43. The molecule has 1 radical (unpaired) electrons. The van der Waals surface area contributed by atoms with Crippen molar-refractivity contribution in [3.05, 3.63) is 133 Å². The number of hydrogen-bond acceptors (Lipinski definition) is 4. The molecule has 7 aromatic rings. The molecule has 4 aromatic heterocycles. The first kappa shape index (κ1) is 40.0. The van der Waals surface area contributed by atoms with Crippen molar-refractivity contribution >= 4 is 35.3 Å². The van der Waals surface area contributed by atoms with Crippen LogP contribution in [0.15, 0.2) is 114 Å². The summed E-state index contributed by atoms with van der Waals surface area (Å²) in [6.07, 6.45) is 9.11. The molecule has 0 fully saturated rings. The molecule has 0 aliphatic rings. The van der Waals surface area contributed by atoms with Gasteiger partial charge >= 0.3 is 0 Å². The van der Waals surface area contributed by atoms with Gasteiger partial charge in [0.15, 0.2) is 0 Å². The van der Waals surface area contributed by atoms with Crippen LogP contribution in [0.3, 0.4) is 0 Å². The number of furan rings is 1. The van der Waals surface area contributed by atoms with Crippen LogP contribution in [0.4, 0.5) is 0 Å². The molecule has 0 saturated carbocycles. The summed E-state index contributed by atoms with van der Waals surface area (Å²) < 4.78 is 6.06. The molecule has 0 amide bonds. The Morgan fingerprint density at radius 2 is 1.43 bits per heavy atom. The van der Waals surface area contributed by atoms with E-state index in [1.165, 1.54) is 16.3 Å². The van der Waals surface area contributed by atoms with Crippen LogP contribution >= 0.6 is 0 Å². The molecule has 4 nitrogen and oxygen atoms in total. The Morgan fingerprint density at radius 1 is 0.736 bits per heavy atom. The maximum Gasteiger partial charge on any atom is 0.216 e. The van der Waals surface area contributed by atoms with E-state index < -0.39 is 8.07 Å². The predicted molar refractivity (Wildman–Crippen MR) is 222 cm³/mol. The SMILES string of the molecule is CC(C)(C)Cc1cc(-c2[c-]cccc2)ncc1[Si](C)(C)C.CCC(C)(CC)c1ccnc(-c2[c-]cc3oc4nccc(-c5ccccc5)c4c3c2)c1.[Ir]. The minimum atomic E-state index is -1.37. The zero-order valence-corrected chi connectivity index (χ0v) is 36.0. The van der Waals surface area contributed by atoms with Crippen LogP contribution in [-0.4, -0.2) is 23.0 Å². The summed E-state index contributed by atoms with van der Waals surface area (Å²) in [5, 5.41) is 3.55. The molecule has 4 heterocycles. The molecule has 0 aliphatic heterocycles. The zero-order valence-electron chi connectivity index (χ0n) is 32.6. The standard InChI is InChI=1S/C28H25N2O.C19H26NSi.Ir/c1-4-28(3,5-2)21-13-15-29-24(18-21)20-11-12-25-23(17-20)26-22(14-16-30-27(26)31-25)19-9-7-6-8-10-19;1-19(2,3)13-16-12-17(15-10-8-7-9-11-15)20-14-18(16)21(4,5)6;/h6-10,12-18H,4-5H2,1-3H3;7-10,12,14H,13H2,1-6H3;/q2*-1;. The largest absolute Gasteiger partial charge is 0.486 e. The van der Waals surface area contributed by atoms with Crippen molar-refractivity contribution in [2.75, 3.05) is 0 Å². The van der Waals surface area contributed by atoms with Crippen LogP contribution in [0.5, 0.6) is 0 Å². The summed E-state index contributed by atoms with van der Waals surface area (Å²) in [6, 6.07) is 37.8. The smallest absolute Gasteiger partial charge is 0.216 e. The molecule has 3 aromatic carbocycles. The summed E-state index contributed by atoms with van der Waals surface area (Å²) in [5.74, 6) is 0. The van der Waals surface area contributed by atoms with E-state index in [0.717, 1.165) is 69.3 Å². The third-order valence-corrected chi connectivity index (χ3v) is 12.3. The minimum Gasteiger partial charge on any atom is -0.486 e. The molecule has 6 heteroatoms. The van der Waals surface area contributed by atoms with Gasteiger partial charge in [0, 0.05) is 44.1 Å². The van der Waals surface area contributed by atoms with Gasteiger partial charge in [-0.25, -0.2) is 4.98 Å². The summed E-state index contributed by atoms with van der Waals surface area (Å²) in [5.41, 5.74) is 10.9. The maximum absolute atomic E-state index is 6.06. The van der Waals surface area contributed by atoms with E-state index in [2.05, 4.69) is 150 Å². The minimum absolute atomic E-state index is 0. The van der Waals surface area contributed by atoms with Crippen LogP contribution in [-0.2, 0) is 31.9 Å². The van der Waals surface area contributed by atoms with Gasteiger partial charge in [-0.2, -0.15) is 0 Å². The van der Waals surface area contributed by atoms with Crippen molar-refractivity contribution in [3.63, 3.8) is 0 Å². The van der Waals surface area contributed by atoms with Gasteiger partial charge in [0.25, 0.3) is 0 Å². The van der Waals surface area contributed by atoms with Crippen LogP contribution in [0.2, 0.25) is 19.6 Å². The second-order valence-corrected chi connectivity index (χ2v) is 21.4. The Balaban J connectivity index is 0.000000216. The molecule has 7 rings (SSSR count). The van der Waals surface area contributed by atoms with Gasteiger partial charge in [-0.15, -0.1) is 59.7 Å². The van der Waals surface area contributed by atoms with Gasteiger partial charge in [-0.05, 0) is 75.5 Å². The zero-order chi connectivity index (χ0) is 37.1. The summed E-state index contributed by atoms with van der Waals surface area (Å²) in [4.78, 5) is 13.9. The van der Waals surface area contributed by atoms with E-state index in [9.17, 15) is 0 Å². The van der Waals surface area contributed by atoms with E-state index in [4.69, 9.17) is 9.40 Å². The molecule has 0 spiro atoms. The normalized spacial score (nSPS) is 11.9. The van der Waals surface area contributed by atoms with Gasteiger partial charge < -0.3 is 14.4 Å². The number of rotatable bonds is 8. The monoisotopic (exact) mass is 894 g/mol. The Morgan fingerprint density at radius 3 is 2.09 bits per heavy atom. The fraction of sp³-hybridized carbons (Fsp3) is 0.298. The number of hydrogen-bond donors (Lipinski definition) is 0. The van der Waals surface area contributed by atoms with Crippen molar-refractivity contribution in [1.82, 2.24) is 15.0 Å². The first-order valence-electron chi connectivity index (χ1n) is 18.5. The molecule has 0 atom stereocenters. The average molecular weight is 894 g/mol. The number of pyridine rings is 3. The quantitative estimate of drug-likeness (QED) is 0.113. The third-order valence-electron chi connectivity index (χ3n) is 10.2. The summed E-state index contributed by atoms with van der Waals surface area (Å²) in [7, 11) is -1.37. The summed E-state index contributed by atoms with van der Waals surface area (Å²) >= 11 is 0. The average Bonchev–Trinajstić information content (AvgIpc) is 3.53. The van der Waals surface area contributed by atoms with Crippen molar-refractivity contribution in [1.29, 1.82) is 0 Å². The number of benzene rings is 3. The van der Waals surface area contributed by atoms with E-state index in [-0.39, 0.29) is 30.9 Å². The Bertz CT molecular complexity index is 2280. The second-order valence-electron chi connectivity index (χ2n) is 16.3. The Kier molecular flexibility index (Phi) is 12.4. The van der Waals surface area contributed by atoms with Crippen LogP contribution < -0.4 is 5.19 Å². The van der Waals surface area contributed by atoms with Gasteiger partial charge in [0.2, 0.25) is 5.71 Å². The topological polar surface area (TPSA) is 51.8 Å². The Hall–Kier alpha value is -4.22. The van der Waals surface area contributed by atoms with Crippen molar-refractivity contribution in [3.8, 4) is 33.6 Å². The Labute approximate surface area is 330 Å². The predicted octanol–water partition coefficient (Wildman–Crippen LogP) is 12.3. The van der Waals surface area contributed by atoms with Gasteiger partial charge in [-0.1, -0.05) is 115 Å². The number of aromatic nitrogens is 3. The molecular weight excluding hydrogens is 843 g/mol. The molecule has 0 bridgehead atoms. The number of fused-ring (bicyclic) bond motifs is 3. The first-order chi connectivity index (χ1) is 24.8. The second kappa shape index (κ2) is 16.4. The van der Waals surface area contributed by atoms with Crippen molar-refractivity contribution in [2.45, 2.75) is 85.9 Å². The molecule has 275 valence electrons. The fourth-order valence-electron chi connectivity index (χ4n) is 6.85. The van der Waals surface area contributed by atoms with Crippen LogP contribution in [0, 0.1) is 17.5 Å². The third kappa shape index (κ3) is 9.12. The van der Waals surface area contributed by atoms with Gasteiger partial charge in [0.1, 0.15) is 0 Å². The maximum atomic E-state index is 6.06. The van der Waals surface area contributed by atoms with Crippen molar-refractivity contribution in [2.24, 2.45) is 5.41 Å². The molecule has 0 aliphatic carbocycles. The summed E-state index contributed by atoms with van der Waals surface area (Å²) in [6.45, 7) is 20.9. The first-order valence-corrected chi connectivity index (χ1v) is 22.0. The number of nitrogens with zero attached hydrogens (tertiary/aromatic N) is 3. The van der Waals surface area contributed by atoms with Gasteiger partial charge in [0.05, 0.1) is 13.7 Å². The molecule has 0 unspecified atom stereocenters. The molecular formula is C47H51IrN3OSi-2. The molecule has 0 saturated heterocycles. The van der Waals surface area contributed by atoms with E-state index in [0.29, 0.717) is 5.71 Å². The van der Waals surface area contributed by atoms with E-state index in [1.54, 1.807) is 6.20 Å². The van der Waals surface area contributed by atoms with Gasteiger partial charge in [-0.3, -0.25) is 0 Å². The molecule has 53 heavy (non-hydrogen) atoms. The molecule has 0 N–H and O–H groups in total.